The standard InChI is InChI=1S/C12H16ClN3O2S/c1-3-10(15-12(19-2)8-16(17)18)6-9-4-5-11(13)14-7-9/h4-5,7-8,10,15H,3,6H2,1-2H3. The molecule has 1 N–H and O–H groups in total. The molecule has 0 bridgehead atoms. The Balaban J connectivity index is 2.67. The first-order chi connectivity index (χ1) is 9.05. The molecule has 0 aromatic carbocycles. The Labute approximate surface area is 121 Å². The third-order valence-corrected chi connectivity index (χ3v) is 3.44. The molecule has 5 nitrogen and oxygen atoms in total. The van der Waals surface area contributed by atoms with Crippen molar-refractivity contribution in [3.63, 3.8) is 0 Å². The van der Waals surface area contributed by atoms with Gasteiger partial charge in [-0.2, -0.15) is 0 Å². The molecular formula is C12H16ClN3O2S. The van der Waals surface area contributed by atoms with Crippen LogP contribution < -0.4 is 5.32 Å². The summed E-state index contributed by atoms with van der Waals surface area (Å²) in [5.41, 5.74) is 1.05. The number of hydrogen-bond acceptors (Lipinski definition) is 5. The van der Waals surface area contributed by atoms with Crippen LogP contribution in [0.25, 0.3) is 0 Å². The summed E-state index contributed by atoms with van der Waals surface area (Å²) < 4.78 is 0. The molecule has 0 amide bonds. The fourth-order valence-electron chi connectivity index (χ4n) is 1.55. The lowest BCUT2D eigenvalue weighted by Crippen LogP contribution is -2.29. The summed E-state index contributed by atoms with van der Waals surface area (Å²) in [6.45, 7) is 2.03. The van der Waals surface area contributed by atoms with Gasteiger partial charge < -0.3 is 5.32 Å². The second kappa shape index (κ2) is 8.01. The number of nitrogens with zero attached hydrogens (tertiary/aromatic N) is 2. The van der Waals surface area contributed by atoms with Crippen molar-refractivity contribution in [1.29, 1.82) is 0 Å². The smallest absolute Gasteiger partial charge is 0.263 e. The van der Waals surface area contributed by atoms with E-state index >= 15 is 0 Å². The predicted molar refractivity (Wildman–Crippen MR) is 78.8 cm³/mol. The van der Waals surface area contributed by atoms with E-state index in [1.807, 2.05) is 13.0 Å². The second-order valence-corrected chi connectivity index (χ2v) is 5.16. The van der Waals surface area contributed by atoms with E-state index in [1.54, 1.807) is 18.5 Å². The summed E-state index contributed by atoms with van der Waals surface area (Å²) in [5.74, 6) is 0. The molecule has 1 aromatic rings. The van der Waals surface area contributed by atoms with Crippen LogP contribution in [0.3, 0.4) is 0 Å². The Morgan fingerprint density at radius 1 is 1.68 bits per heavy atom. The highest BCUT2D eigenvalue weighted by Gasteiger charge is 2.11. The summed E-state index contributed by atoms with van der Waals surface area (Å²) in [5, 5.41) is 14.7. The summed E-state index contributed by atoms with van der Waals surface area (Å²) in [4.78, 5) is 14.1. The Morgan fingerprint density at radius 3 is 2.89 bits per heavy atom. The van der Waals surface area contributed by atoms with Crippen LogP contribution in [0.1, 0.15) is 18.9 Å². The van der Waals surface area contributed by atoms with Crippen molar-refractivity contribution in [3.05, 3.63) is 50.4 Å². The van der Waals surface area contributed by atoms with Crippen molar-refractivity contribution in [2.24, 2.45) is 0 Å². The van der Waals surface area contributed by atoms with Gasteiger partial charge in [0.2, 0.25) is 0 Å². The van der Waals surface area contributed by atoms with E-state index in [0.29, 0.717) is 10.2 Å². The minimum absolute atomic E-state index is 0.127. The average molecular weight is 302 g/mol. The molecule has 0 saturated heterocycles. The highest BCUT2D eigenvalue weighted by molar-refractivity contribution is 8.02. The molecular weight excluding hydrogens is 286 g/mol. The van der Waals surface area contributed by atoms with Gasteiger partial charge in [0, 0.05) is 12.2 Å². The van der Waals surface area contributed by atoms with Gasteiger partial charge in [-0.05, 0) is 30.7 Å². The van der Waals surface area contributed by atoms with E-state index in [4.69, 9.17) is 11.6 Å². The Morgan fingerprint density at radius 2 is 2.42 bits per heavy atom. The van der Waals surface area contributed by atoms with Crippen LogP contribution in [-0.2, 0) is 6.42 Å². The molecule has 1 unspecified atom stereocenters. The lowest BCUT2D eigenvalue weighted by atomic mass is 10.1. The van der Waals surface area contributed by atoms with Crippen molar-refractivity contribution < 1.29 is 4.92 Å². The van der Waals surface area contributed by atoms with Crippen molar-refractivity contribution in [2.45, 2.75) is 25.8 Å². The van der Waals surface area contributed by atoms with Gasteiger partial charge >= 0.3 is 0 Å². The van der Waals surface area contributed by atoms with Crippen LogP contribution in [0.15, 0.2) is 29.6 Å². The zero-order valence-corrected chi connectivity index (χ0v) is 12.4. The van der Waals surface area contributed by atoms with Gasteiger partial charge in [-0.3, -0.25) is 10.1 Å². The first kappa shape index (κ1) is 15.8. The summed E-state index contributed by atoms with van der Waals surface area (Å²) >= 11 is 7.06. The van der Waals surface area contributed by atoms with Crippen LogP contribution in [-0.4, -0.2) is 22.2 Å². The third kappa shape index (κ3) is 5.94. The van der Waals surface area contributed by atoms with Gasteiger partial charge in [0.25, 0.3) is 6.20 Å². The second-order valence-electron chi connectivity index (χ2n) is 3.93. The number of halogens is 1. The fraction of sp³-hybridized carbons (Fsp3) is 0.417. The Hall–Kier alpha value is -1.27. The molecule has 0 aliphatic rings. The topological polar surface area (TPSA) is 68.1 Å². The number of rotatable bonds is 7. The van der Waals surface area contributed by atoms with Crippen molar-refractivity contribution in [1.82, 2.24) is 10.3 Å². The first-order valence-electron chi connectivity index (χ1n) is 5.81. The summed E-state index contributed by atoms with van der Waals surface area (Å²) in [6, 6.07) is 3.78. The Bertz CT molecular complexity index is 451. The van der Waals surface area contributed by atoms with Crippen LogP contribution in [0.5, 0.6) is 0 Å². The van der Waals surface area contributed by atoms with Gasteiger partial charge in [-0.1, -0.05) is 24.6 Å². The van der Waals surface area contributed by atoms with Crippen molar-refractivity contribution in [2.75, 3.05) is 6.26 Å². The molecule has 1 rings (SSSR count). The van der Waals surface area contributed by atoms with E-state index in [0.717, 1.165) is 24.6 Å². The number of thioether (sulfide) groups is 1. The molecule has 7 heteroatoms. The zero-order valence-electron chi connectivity index (χ0n) is 10.8. The SMILES string of the molecule is CCC(Cc1ccc(Cl)nc1)NC(=C[N+](=O)[O-])SC. The molecule has 1 aromatic heterocycles. The van der Waals surface area contributed by atoms with Crippen LogP contribution in [0.2, 0.25) is 5.15 Å². The summed E-state index contributed by atoms with van der Waals surface area (Å²) in [6.07, 6.45) is 6.13. The minimum Gasteiger partial charge on any atom is -0.372 e. The van der Waals surface area contributed by atoms with Crippen LogP contribution in [0, 0.1) is 10.1 Å². The molecule has 0 saturated carbocycles. The first-order valence-corrected chi connectivity index (χ1v) is 7.41. The maximum Gasteiger partial charge on any atom is 0.263 e. The number of nitro groups is 1. The molecule has 0 radical (unpaired) electrons. The molecule has 19 heavy (non-hydrogen) atoms. The van der Waals surface area contributed by atoms with E-state index in [9.17, 15) is 10.1 Å². The van der Waals surface area contributed by atoms with Gasteiger partial charge in [0.15, 0.2) is 0 Å². The molecule has 0 aliphatic carbocycles. The highest BCUT2D eigenvalue weighted by Crippen LogP contribution is 2.13. The van der Waals surface area contributed by atoms with Gasteiger partial charge in [-0.25, -0.2) is 4.98 Å². The molecule has 0 fully saturated rings. The lowest BCUT2D eigenvalue weighted by Gasteiger charge is -2.18. The Kier molecular flexibility index (Phi) is 6.66. The van der Waals surface area contributed by atoms with Crippen LogP contribution in [0.4, 0.5) is 0 Å². The minimum atomic E-state index is -0.449. The zero-order chi connectivity index (χ0) is 14.3. The average Bonchev–Trinajstić information content (AvgIpc) is 2.38. The number of nitrogens with one attached hydrogen (secondary N) is 1. The summed E-state index contributed by atoms with van der Waals surface area (Å²) in [7, 11) is 0. The van der Waals surface area contributed by atoms with Crippen molar-refractivity contribution >= 4 is 23.4 Å². The van der Waals surface area contributed by atoms with E-state index in [-0.39, 0.29) is 6.04 Å². The molecule has 104 valence electrons. The number of pyridine rings is 1. The molecule has 1 heterocycles. The maximum atomic E-state index is 10.5. The van der Waals surface area contributed by atoms with Crippen molar-refractivity contribution in [3.8, 4) is 0 Å². The predicted octanol–water partition coefficient (Wildman–Crippen LogP) is 3.08. The monoisotopic (exact) mass is 301 g/mol. The third-order valence-electron chi connectivity index (χ3n) is 2.55. The maximum absolute atomic E-state index is 10.5. The highest BCUT2D eigenvalue weighted by atomic mass is 35.5. The fourth-order valence-corrected chi connectivity index (χ4v) is 2.14. The van der Waals surface area contributed by atoms with E-state index < -0.39 is 4.92 Å². The van der Waals surface area contributed by atoms with Crippen LogP contribution >= 0.6 is 23.4 Å². The van der Waals surface area contributed by atoms with E-state index in [1.165, 1.54) is 11.8 Å². The largest absolute Gasteiger partial charge is 0.372 e. The lowest BCUT2D eigenvalue weighted by molar-refractivity contribution is -0.403. The molecule has 0 spiro atoms. The van der Waals surface area contributed by atoms with E-state index in [2.05, 4.69) is 10.3 Å². The van der Waals surface area contributed by atoms with Gasteiger partial charge in [0.1, 0.15) is 10.2 Å². The quantitative estimate of drug-likeness (QED) is 0.476. The molecule has 1 atom stereocenters. The van der Waals surface area contributed by atoms with Gasteiger partial charge in [0.05, 0.1) is 4.92 Å². The van der Waals surface area contributed by atoms with Gasteiger partial charge in [-0.15, -0.1) is 11.8 Å². The number of aromatic nitrogens is 1. The number of hydrogen-bond donors (Lipinski definition) is 1. The normalized spacial score (nSPS) is 13.1. The molecule has 0 aliphatic heterocycles.